The lowest BCUT2D eigenvalue weighted by Gasteiger charge is -2.31. The Labute approximate surface area is 171 Å². The summed E-state index contributed by atoms with van der Waals surface area (Å²) in [6.45, 7) is 4.08. The van der Waals surface area contributed by atoms with E-state index in [1.54, 1.807) is 18.2 Å². The lowest BCUT2D eigenvalue weighted by atomic mass is 9.91. The van der Waals surface area contributed by atoms with Gasteiger partial charge < -0.3 is 11.1 Å². The van der Waals surface area contributed by atoms with E-state index in [1.165, 1.54) is 0 Å². The lowest BCUT2D eigenvalue weighted by Crippen LogP contribution is -2.45. The smallest absolute Gasteiger partial charge is 0.253 e. The maximum Gasteiger partial charge on any atom is 0.253 e. The number of anilines is 1. The van der Waals surface area contributed by atoms with E-state index in [4.69, 9.17) is 5.73 Å². The van der Waals surface area contributed by atoms with Gasteiger partial charge in [0.1, 0.15) is 0 Å². The summed E-state index contributed by atoms with van der Waals surface area (Å²) < 4.78 is 0. The number of nitrogens with zero attached hydrogens (tertiary/aromatic N) is 1. The topological polar surface area (TPSA) is 75.4 Å². The predicted molar refractivity (Wildman–Crippen MR) is 118 cm³/mol. The molecule has 3 aromatic carbocycles. The van der Waals surface area contributed by atoms with Crippen LogP contribution in [0.5, 0.6) is 0 Å². The molecule has 5 heteroatoms. The fourth-order valence-electron chi connectivity index (χ4n) is 3.17. The van der Waals surface area contributed by atoms with Gasteiger partial charge in [0.05, 0.1) is 11.1 Å². The molecule has 3 rings (SSSR count). The van der Waals surface area contributed by atoms with Crippen molar-refractivity contribution in [2.24, 2.45) is 0 Å². The maximum atomic E-state index is 12.9. The molecule has 0 radical (unpaired) electrons. The molecule has 3 N–H and O–H groups in total. The summed E-state index contributed by atoms with van der Waals surface area (Å²) in [5.41, 5.74) is 7.50. The molecule has 0 aliphatic rings. The monoisotopic (exact) mass is 389 g/mol. The van der Waals surface area contributed by atoms with Crippen LogP contribution in [0.25, 0.3) is 10.8 Å². The molecule has 0 atom stereocenters. The number of Topliss-reactive ketones (excluding diaryl/α,β-unsaturated/α-hetero) is 1. The van der Waals surface area contributed by atoms with Crippen LogP contribution >= 0.6 is 0 Å². The summed E-state index contributed by atoms with van der Waals surface area (Å²) in [4.78, 5) is 27.6. The van der Waals surface area contributed by atoms with E-state index >= 15 is 0 Å². The number of hydrogen-bond donors (Lipinski definition) is 2. The van der Waals surface area contributed by atoms with Crippen LogP contribution in [-0.4, -0.2) is 36.2 Å². The minimum Gasteiger partial charge on any atom is -0.398 e. The van der Waals surface area contributed by atoms with Crippen molar-refractivity contribution in [1.82, 2.24) is 10.2 Å². The first kappa shape index (κ1) is 20.6. The molecule has 0 heterocycles. The Kier molecular flexibility index (Phi) is 5.71. The predicted octanol–water partition coefficient (Wildman–Crippen LogP) is 3.87. The number of rotatable bonds is 6. The highest BCUT2D eigenvalue weighted by Gasteiger charge is 2.31. The van der Waals surface area contributed by atoms with Gasteiger partial charge in [-0.15, -0.1) is 0 Å². The van der Waals surface area contributed by atoms with Gasteiger partial charge in [-0.25, -0.2) is 0 Å². The number of nitrogens with two attached hydrogens (primary N) is 1. The normalized spacial score (nSPS) is 11.6. The van der Waals surface area contributed by atoms with Crippen LogP contribution in [0.3, 0.4) is 0 Å². The minimum absolute atomic E-state index is 0.0643. The molecule has 0 saturated heterocycles. The van der Waals surface area contributed by atoms with E-state index < -0.39 is 5.54 Å². The third-order valence-corrected chi connectivity index (χ3v) is 5.55. The number of carbonyl (C=O) groups is 2. The first-order valence-electron chi connectivity index (χ1n) is 9.58. The van der Waals surface area contributed by atoms with E-state index in [2.05, 4.69) is 5.32 Å². The molecular formula is C24H27N3O2. The molecular weight excluding hydrogens is 362 g/mol. The Bertz CT molecular complexity index is 1070. The van der Waals surface area contributed by atoms with Gasteiger partial charge in [0, 0.05) is 17.8 Å². The average Bonchev–Trinajstić information content (AvgIpc) is 2.71. The van der Waals surface area contributed by atoms with Gasteiger partial charge in [-0.1, -0.05) is 42.5 Å². The van der Waals surface area contributed by atoms with Crippen molar-refractivity contribution in [1.29, 1.82) is 0 Å². The summed E-state index contributed by atoms with van der Waals surface area (Å²) in [6, 6.07) is 18.9. The number of benzene rings is 3. The lowest BCUT2D eigenvalue weighted by molar-refractivity contribution is 0.0755. The third-order valence-electron chi connectivity index (χ3n) is 5.55. The van der Waals surface area contributed by atoms with Crippen LogP contribution in [-0.2, 0) is 6.54 Å². The first-order valence-corrected chi connectivity index (χ1v) is 9.58. The minimum atomic E-state index is -0.688. The number of likely N-dealkylation sites (N-methyl/N-ethyl adjacent to an activating group) is 1. The van der Waals surface area contributed by atoms with Gasteiger partial charge in [-0.05, 0) is 62.5 Å². The molecule has 5 nitrogen and oxygen atoms in total. The molecule has 0 aromatic heterocycles. The fraction of sp³-hybridized carbons (Fsp3) is 0.250. The van der Waals surface area contributed by atoms with Crippen LogP contribution in [0.2, 0.25) is 0 Å². The van der Waals surface area contributed by atoms with Crippen molar-refractivity contribution in [3.8, 4) is 0 Å². The zero-order valence-electron chi connectivity index (χ0n) is 17.3. The van der Waals surface area contributed by atoms with Gasteiger partial charge in [0.2, 0.25) is 0 Å². The molecule has 0 saturated carbocycles. The van der Waals surface area contributed by atoms with Crippen LogP contribution in [0.4, 0.5) is 5.69 Å². The van der Waals surface area contributed by atoms with Crippen molar-refractivity contribution in [3.05, 3.63) is 77.4 Å². The Hall–Kier alpha value is -3.18. The van der Waals surface area contributed by atoms with Crippen LogP contribution in [0.1, 0.15) is 40.1 Å². The second-order valence-electron chi connectivity index (χ2n) is 7.91. The number of ketones is 1. The Morgan fingerprint density at radius 1 is 1.00 bits per heavy atom. The summed E-state index contributed by atoms with van der Waals surface area (Å²) >= 11 is 0. The second kappa shape index (κ2) is 8.05. The molecule has 0 bridgehead atoms. The standard InChI is InChI=1S/C24H27N3O2/c1-24(2,27(3)4)22(28)17-12-13-21(25)20(14-17)23(29)26-15-18-10-7-9-16-8-5-6-11-19(16)18/h5-14H,15,25H2,1-4H3,(H,26,29). The van der Waals surface area contributed by atoms with E-state index in [1.807, 2.05) is 75.3 Å². The van der Waals surface area contributed by atoms with Gasteiger partial charge >= 0.3 is 0 Å². The summed E-state index contributed by atoms with van der Waals surface area (Å²) in [5, 5.41) is 5.15. The SMILES string of the molecule is CN(C)C(C)(C)C(=O)c1ccc(N)c(C(=O)NCc2cccc3ccccc23)c1. The quantitative estimate of drug-likeness (QED) is 0.496. The molecule has 0 unspecified atom stereocenters. The van der Waals surface area contributed by atoms with Gasteiger partial charge in [0.15, 0.2) is 5.78 Å². The number of amides is 1. The molecule has 29 heavy (non-hydrogen) atoms. The molecule has 0 spiro atoms. The van der Waals surface area contributed by atoms with Gasteiger partial charge in [-0.3, -0.25) is 14.5 Å². The number of carbonyl (C=O) groups excluding carboxylic acids is 2. The van der Waals surface area contributed by atoms with Crippen LogP contribution < -0.4 is 11.1 Å². The Balaban J connectivity index is 1.83. The van der Waals surface area contributed by atoms with Gasteiger partial charge in [0.25, 0.3) is 5.91 Å². The first-order chi connectivity index (χ1) is 13.7. The molecule has 1 amide bonds. The Morgan fingerprint density at radius 3 is 2.41 bits per heavy atom. The van der Waals surface area contributed by atoms with E-state index in [0.29, 0.717) is 23.4 Å². The second-order valence-corrected chi connectivity index (χ2v) is 7.91. The van der Waals surface area contributed by atoms with Crippen LogP contribution in [0.15, 0.2) is 60.7 Å². The van der Waals surface area contributed by atoms with E-state index in [0.717, 1.165) is 16.3 Å². The summed E-state index contributed by atoms with van der Waals surface area (Å²) in [5.74, 6) is -0.363. The van der Waals surface area contributed by atoms with E-state index in [9.17, 15) is 9.59 Å². The Morgan fingerprint density at radius 2 is 1.69 bits per heavy atom. The van der Waals surface area contributed by atoms with Crippen molar-refractivity contribution in [2.45, 2.75) is 25.9 Å². The summed E-state index contributed by atoms with van der Waals surface area (Å²) in [6.07, 6.45) is 0. The number of hydrogen-bond acceptors (Lipinski definition) is 4. The summed E-state index contributed by atoms with van der Waals surface area (Å²) in [7, 11) is 3.71. The zero-order chi connectivity index (χ0) is 21.2. The van der Waals surface area contributed by atoms with Crippen molar-refractivity contribution >= 4 is 28.2 Å². The highest BCUT2D eigenvalue weighted by Crippen LogP contribution is 2.22. The van der Waals surface area contributed by atoms with Crippen molar-refractivity contribution < 1.29 is 9.59 Å². The highest BCUT2D eigenvalue weighted by atomic mass is 16.1. The number of nitrogen functional groups attached to an aromatic ring is 1. The van der Waals surface area contributed by atoms with Gasteiger partial charge in [-0.2, -0.15) is 0 Å². The maximum absolute atomic E-state index is 12.9. The van der Waals surface area contributed by atoms with Crippen LogP contribution in [0, 0.1) is 0 Å². The molecule has 0 aliphatic carbocycles. The average molecular weight is 389 g/mol. The molecule has 3 aromatic rings. The van der Waals surface area contributed by atoms with Crippen molar-refractivity contribution in [3.63, 3.8) is 0 Å². The fourth-order valence-corrected chi connectivity index (χ4v) is 3.17. The van der Waals surface area contributed by atoms with Crippen molar-refractivity contribution in [2.75, 3.05) is 19.8 Å². The largest absolute Gasteiger partial charge is 0.398 e. The third kappa shape index (κ3) is 4.15. The number of nitrogens with one attached hydrogen (secondary N) is 1. The number of fused-ring (bicyclic) bond motifs is 1. The zero-order valence-corrected chi connectivity index (χ0v) is 17.3. The highest BCUT2D eigenvalue weighted by molar-refractivity contribution is 6.06. The molecule has 150 valence electrons. The molecule has 0 fully saturated rings. The van der Waals surface area contributed by atoms with E-state index in [-0.39, 0.29) is 11.7 Å². The molecule has 0 aliphatic heterocycles.